The Morgan fingerprint density at radius 1 is 1.42 bits per heavy atom. The maximum Gasteiger partial charge on any atom is 0.225 e. The lowest BCUT2D eigenvalue weighted by Gasteiger charge is -2.19. The maximum atomic E-state index is 5.49. The highest BCUT2D eigenvalue weighted by Gasteiger charge is 2.27. The van der Waals surface area contributed by atoms with Gasteiger partial charge < -0.3 is 10.1 Å². The Hall–Kier alpha value is -1.36. The molecule has 106 valence electrons. The van der Waals surface area contributed by atoms with E-state index >= 15 is 0 Å². The summed E-state index contributed by atoms with van der Waals surface area (Å²) in [5, 5.41) is 3.27. The van der Waals surface area contributed by atoms with Gasteiger partial charge in [-0.25, -0.2) is 4.98 Å². The van der Waals surface area contributed by atoms with Crippen LogP contribution in [-0.2, 0) is 0 Å². The summed E-state index contributed by atoms with van der Waals surface area (Å²) >= 11 is 0. The Bertz CT molecular complexity index is 381. The SMILES string of the molecule is CCCOc1ccnc(NCCN(CC)C2CC2)n1. The highest BCUT2D eigenvalue weighted by Crippen LogP contribution is 2.25. The van der Waals surface area contributed by atoms with E-state index in [1.165, 1.54) is 12.8 Å². The van der Waals surface area contributed by atoms with Crippen LogP contribution in [-0.4, -0.2) is 47.2 Å². The number of hydrogen-bond acceptors (Lipinski definition) is 5. The van der Waals surface area contributed by atoms with Crippen molar-refractivity contribution in [1.82, 2.24) is 14.9 Å². The second-order valence-electron chi connectivity index (χ2n) is 4.85. The highest BCUT2D eigenvalue weighted by atomic mass is 16.5. The number of hydrogen-bond donors (Lipinski definition) is 1. The van der Waals surface area contributed by atoms with Gasteiger partial charge in [-0.3, -0.25) is 4.90 Å². The summed E-state index contributed by atoms with van der Waals surface area (Å²) in [7, 11) is 0. The third-order valence-electron chi connectivity index (χ3n) is 3.24. The Morgan fingerprint density at radius 2 is 2.26 bits per heavy atom. The summed E-state index contributed by atoms with van der Waals surface area (Å²) in [6, 6.07) is 2.61. The van der Waals surface area contributed by atoms with Crippen molar-refractivity contribution >= 4 is 5.95 Å². The molecule has 1 aromatic heterocycles. The number of likely N-dealkylation sites (N-methyl/N-ethyl adjacent to an activating group) is 1. The van der Waals surface area contributed by atoms with Gasteiger partial charge in [-0.2, -0.15) is 4.98 Å². The Kier molecular flexibility index (Phi) is 5.39. The molecule has 1 fully saturated rings. The van der Waals surface area contributed by atoms with Gasteiger partial charge in [-0.15, -0.1) is 0 Å². The summed E-state index contributed by atoms with van der Waals surface area (Å²) in [4.78, 5) is 11.0. The van der Waals surface area contributed by atoms with Crippen molar-refractivity contribution in [3.63, 3.8) is 0 Å². The largest absolute Gasteiger partial charge is 0.478 e. The van der Waals surface area contributed by atoms with E-state index < -0.39 is 0 Å². The molecule has 1 aromatic rings. The first kappa shape index (κ1) is 14.1. The van der Waals surface area contributed by atoms with E-state index in [0.717, 1.165) is 32.1 Å². The molecule has 0 radical (unpaired) electrons. The van der Waals surface area contributed by atoms with Crippen LogP contribution in [0.1, 0.15) is 33.1 Å². The van der Waals surface area contributed by atoms with Gasteiger partial charge in [-0.1, -0.05) is 13.8 Å². The third kappa shape index (κ3) is 4.67. The molecule has 0 aromatic carbocycles. The molecule has 1 saturated carbocycles. The molecule has 5 heteroatoms. The van der Waals surface area contributed by atoms with Gasteiger partial charge in [0, 0.05) is 31.4 Å². The number of nitrogens with one attached hydrogen (secondary N) is 1. The van der Waals surface area contributed by atoms with Gasteiger partial charge in [-0.05, 0) is 25.8 Å². The van der Waals surface area contributed by atoms with E-state index in [0.29, 0.717) is 18.4 Å². The quantitative estimate of drug-likeness (QED) is 0.740. The molecule has 19 heavy (non-hydrogen) atoms. The normalized spacial score (nSPS) is 14.7. The first-order valence-electron chi connectivity index (χ1n) is 7.27. The van der Waals surface area contributed by atoms with Crippen LogP contribution in [0.4, 0.5) is 5.95 Å². The van der Waals surface area contributed by atoms with Crippen LogP contribution in [0.5, 0.6) is 5.88 Å². The molecule has 0 atom stereocenters. The number of ether oxygens (including phenoxy) is 1. The number of aromatic nitrogens is 2. The average Bonchev–Trinajstić information content (AvgIpc) is 3.26. The summed E-state index contributed by atoms with van der Waals surface area (Å²) < 4.78 is 5.49. The monoisotopic (exact) mass is 264 g/mol. The molecule has 0 saturated heterocycles. The highest BCUT2D eigenvalue weighted by molar-refractivity contribution is 5.27. The summed E-state index contributed by atoms with van der Waals surface area (Å²) in [5.41, 5.74) is 0. The molecular formula is C14H24N4O. The van der Waals surface area contributed by atoms with Crippen molar-refractivity contribution in [1.29, 1.82) is 0 Å². The summed E-state index contributed by atoms with van der Waals surface area (Å²) in [5.74, 6) is 1.30. The van der Waals surface area contributed by atoms with Gasteiger partial charge in [0.1, 0.15) is 0 Å². The molecule has 2 rings (SSSR count). The number of rotatable bonds is 9. The molecule has 0 unspecified atom stereocenters. The van der Waals surface area contributed by atoms with E-state index in [-0.39, 0.29) is 0 Å². The van der Waals surface area contributed by atoms with Crippen LogP contribution in [0.3, 0.4) is 0 Å². The van der Waals surface area contributed by atoms with Gasteiger partial charge in [0.15, 0.2) is 0 Å². The zero-order valence-corrected chi connectivity index (χ0v) is 11.9. The summed E-state index contributed by atoms with van der Waals surface area (Å²) in [6.45, 7) is 8.03. The standard InChI is InChI=1S/C14H24N4O/c1-3-11-19-13-7-8-15-14(17-13)16-9-10-18(4-2)12-5-6-12/h7-8,12H,3-6,9-11H2,1-2H3,(H,15,16,17). The predicted molar refractivity (Wildman–Crippen MR) is 76.6 cm³/mol. The van der Waals surface area contributed by atoms with Gasteiger partial charge in [0.05, 0.1) is 6.61 Å². The first-order chi connectivity index (χ1) is 9.33. The molecule has 0 aliphatic heterocycles. The fraction of sp³-hybridized carbons (Fsp3) is 0.714. The van der Waals surface area contributed by atoms with E-state index in [1.807, 2.05) is 0 Å². The van der Waals surface area contributed by atoms with Crippen LogP contribution in [0.25, 0.3) is 0 Å². The molecule has 1 aliphatic carbocycles. The zero-order valence-electron chi connectivity index (χ0n) is 11.9. The van der Waals surface area contributed by atoms with E-state index in [1.54, 1.807) is 12.3 Å². The third-order valence-corrected chi connectivity index (χ3v) is 3.24. The predicted octanol–water partition coefficient (Wildman–Crippen LogP) is 2.16. The topological polar surface area (TPSA) is 50.3 Å². The van der Waals surface area contributed by atoms with Gasteiger partial charge >= 0.3 is 0 Å². The van der Waals surface area contributed by atoms with Crippen molar-refractivity contribution in [2.45, 2.75) is 39.2 Å². The van der Waals surface area contributed by atoms with E-state index in [2.05, 4.69) is 34.0 Å². The molecule has 1 N–H and O–H groups in total. The van der Waals surface area contributed by atoms with Crippen LogP contribution in [0.15, 0.2) is 12.3 Å². The van der Waals surface area contributed by atoms with E-state index in [9.17, 15) is 0 Å². The fourth-order valence-corrected chi connectivity index (χ4v) is 2.06. The summed E-state index contributed by atoms with van der Waals surface area (Å²) in [6.07, 6.45) is 5.42. The number of nitrogens with zero attached hydrogens (tertiary/aromatic N) is 3. The lowest BCUT2D eigenvalue weighted by molar-refractivity contribution is 0.288. The van der Waals surface area contributed by atoms with Gasteiger partial charge in [0.25, 0.3) is 0 Å². The smallest absolute Gasteiger partial charge is 0.225 e. The van der Waals surface area contributed by atoms with Crippen molar-refractivity contribution in [3.8, 4) is 5.88 Å². The van der Waals surface area contributed by atoms with Gasteiger partial charge in [0.2, 0.25) is 11.8 Å². The van der Waals surface area contributed by atoms with E-state index in [4.69, 9.17) is 4.74 Å². The maximum absolute atomic E-state index is 5.49. The lowest BCUT2D eigenvalue weighted by Crippen LogP contribution is -2.31. The van der Waals surface area contributed by atoms with Crippen LogP contribution in [0.2, 0.25) is 0 Å². The second-order valence-corrected chi connectivity index (χ2v) is 4.85. The molecular weight excluding hydrogens is 240 g/mol. The lowest BCUT2D eigenvalue weighted by atomic mass is 10.4. The van der Waals surface area contributed by atoms with Crippen LogP contribution >= 0.6 is 0 Å². The average molecular weight is 264 g/mol. The molecule has 5 nitrogen and oxygen atoms in total. The minimum Gasteiger partial charge on any atom is -0.478 e. The Balaban J connectivity index is 1.75. The molecule has 1 heterocycles. The van der Waals surface area contributed by atoms with Crippen LogP contribution < -0.4 is 10.1 Å². The van der Waals surface area contributed by atoms with Crippen molar-refractivity contribution in [3.05, 3.63) is 12.3 Å². The Morgan fingerprint density at radius 3 is 2.95 bits per heavy atom. The zero-order chi connectivity index (χ0) is 13.5. The molecule has 0 spiro atoms. The molecule has 0 amide bonds. The first-order valence-corrected chi connectivity index (χ1v) is 7.27. The minimum atomic E-state index is 0.647. The van der Waals surface area contributed by atoms with Crippen molar-refractivity contribution in [2.24, 2.45) is 0 Å². The number of anilines is 1. The minimum absolute atomic E-state index is 0.647. The molecule has 1 aliphatic rings. The van der Waals surface area contributed by atoms with Crippen molar-refractivity contribution in [2.75, 3.05) is 31.6 Å². The second kappa shape index (κ2) is 7.28. The van der Waals surface area contributed by atoms with Crippen molar-refractivity contribution < 1.29 is 4.74 Å². The fourth-order valence-electron chi connectivity index (χ4n) is 2.06. The van der Waals surface area contributed by atoms with Crippen LogP contribution in [0, 0.1) is 0 Å². The molecule has 0 bridgehead atoms. The Labute approximate surface area is 115 Å².